The summed E-state index contributed by atoms with van der Waals surface area (Å²) in [6.07, 6.45) is 1.10. The SMILES string of the molecule is Cc1ccc(C)c(NC(=O)[C@@H](C)OC(=O)CCCc2cccs2)c1. The van der Waals surface area contributed by atoms with Gasteiger partial charge in [0.2, 0.25) is 0 Å². The summed E-state index contributed by atoms with van der Waals surface area (Å²) in [5.41, 5.74) is 2.79. The maximum absolute atomic E-state index is 12.2. The van der Waals surface area contributed by atoms with Gasteiger partial charge < -0.3 is 10.1 Å². The van der Waals surface area contributed by atoms with Crippen molar-refractivity contribution in [3.63, 3.8) is 0 Å². The summed E-state index contributed by atoms with van der Waals surface area (Å²) < 4.78 is 5.23. The molecule has 1 aromatic heterocycles. The van der Waals surface area contributed by atoms with Crippen molar-refractivity contribution >= 4 is 28.9 Å². The molecular formula is C19H23NO3S. The van der Waals surface area contributed by atoms with Gasteiger partial charge in [0.25, 0.3) is 5.91 Å². The van der Waals surface area contributed by atoms with Gasteiger partial charge in [0, 0.05) is 17.0 Å². The lowest BCUT2D eigenvalue weighted by atomic mass is 10.1. The molecule has 2 aromatic rings. The minimum absolute atomic E-state index is 0.310. The van der Waals surface area contributed by atoms with Crippen LogP contribution in [-0.4, -0.2) is 18.0 Å². The molecule has 0 fully saturated rings. The molecule has 0 saturated carbocycles. The minimum atomic E-state index is -0.806. The van der Waals surface area contributed by atoms with Gasteiger partial charge in [-0.05, 0) is 62.3 Å². The molecule has 0 spiro atoms. The van der Waals surface area contributed by atoms with E-state index in [0.717, 1.165) is 29.7 Å². The second-order valence-electron chi connectivity index (χ2n) is 5.87. The van der Waals surface area contributed by atoms with Gasteiger partial charge in [-0.25, -0.2) is 0 Å². The number of rotatable bonds is 7. The number of aryl methyl sites for hydroxylation is 3. The molecule has 2 rings (SSSR count). The smallest absolute Gasteiger partial charge is 0.306 e. The number of hydrogen-bond acceptors (Lipinski definition) is 4. The second kappa shape index (κ2) is 8.64. The summed E-state index contributed by atoms with van der Waals surface area (Å²) in [5.74, 6) is -0.648. The van der Waals surface area contributed by atoms with Crippen molar-refractivity contribution in [3.05, 3.63) is 51.7 Å². The molecule has 0 radical (unpaired) electrons. The van der Waals surface area contributed by atoms with Gasteiger partial charge in [0.05, 0.1) is 0 Å². The van der Waals surface area contributed by atoms with E-state index in [9.17, 15) is 9.59 Å². The molecule has 0 bridgehead atoms. The van der Waals surface area contributed by atoms with Crippen LogP contribution < -0.4 is 5.32 Å². The van der Waals surface area contributed by atoms with Gasteiger partial charge in [-0.2, -0.15) is 0 Å². The van der Waals surface area contributed by atoms with E-state index >= 15 is 0 Å². The fourth-order valence-corrected chi connectivity index (χ4v) is 3.03. The molecule has 1 atom stereocenters. The summed E-state index contributed by atoms with van der Waals surface area (Å²) in [4.78, 5) is 25.3. The van der Waals surface area contributed by atoms with Gasteiger partial charge in [-0.3, -0.25) is 9.59 Å². The largest absolute Gasteiger partial charge is 0.453 e. The molecule has 0 unspecified atom stereocenters. The first-order valence-corrected chi connectivity index (χ1v) is 8.93. The molecule has 1 heterocycles. The molecule has 0 aliphatic heterocycles. The Hall–Kier alpha value is -2.14. The third-order valence-electron chi connectivity index (χ3n) is 3.71. The lowest BCUT2D eigenvalue weighted by Crippen LogP contribution is -2.30. The number of ether oxygens (including phenoxy) is 1. The van der Waals surface area contributed by atoms with E-state index in [4.69, 9.17) is 4.74 Å². The number of amides is 1. The zero-order chi connectivity index (χ0) is 17.5. The molecule has 0 aliphatic rings. The lowest BCUT2D eigenvalue weighted by molar-refractivity contribution is -0.153. The number of anilines is 1. The van der Waals surface area contributed by atoms with Crippen LogP contribution in [0.25, 0.3) is 0 Å². The van der Waals surface area contributed by atoms with Crippen molar-refractivity contribution < 1.29 is 14.3 Å². The van der Waals surface area contributed by atoms with Crippen LogP contribution in [-0.2, 0) is 20.7 Å². The summed E-state index contributed by atoms with van der Waals surface area (Å²) in [6, 6.07) is 9.89. The van der Waals surface area contributed by atoms with Gasteiger partial charge in [0.15, 0.2) is 6.10 Å². The first kappa shape index (κ1) is 18.2. The molecular weight excluding hydrogens is 322 g/mol. The molecule has 24 heavy (non-hydrogen) atoms. The van der Waals surface area contributed by atoms with Crippen molar-refractivity contribution in [2.24, 2.45) is 0 Å². The third kappa shape index (κ3) is 5.49. The highest BCUT2D eigenvalue weighted by atomic mass is 32.1. The van der Waals surface area contributed by atoms with Gasteiger partial charge in [-0.1, -0.05) is 18.2 Å². The number of esters is 1. The minimum Gasteiger partial charge on any atom is -0.453 e. The molecule has 5 heteroatoms. The summed E-state index contributed by atoms with van der Waals surface area (Å²) in [7, 11) is 0. The van der Waals surface area contributed by atoms with E-state index in [0.29, 0.717) is 6.42 Å². The Morgan fingerprint density at radius 2 is 2.04 bits per heavy atom. The maximum atomic E-state index is 12.2. The maximum Gasteiger partial charge on any atom is 0.306 e. The normalized spacial score (nSPS) is 11.8. The van der Waals surface area contributed by atoms with Crippen LogP contribution in [0.15, 0.2) is 35.7 Å². The van der Waals surface area contributed by atoms with Crippen LogP contribution >= 0.6 is 11.3 Å². The summed E-state index contributed by atoms with van der Waals surface area (Å²) in [5, 5.41) is 4.84. The molecule has 0 aliphatic carbocycles. The van der Waals surface area contributed by atoms with E-state index in [1.54, 1.807) is 18.3 Å². The van der Waals surface area contributed by atoms with E-state index < -0.39 is 6.10 Å². The van der Waals surface area contributed by atoms with E-state index in [1.807, 2.05) is 43.5 Å². The van der Waals surface area contributed by atoms with Crippen molar-refractivity contribution in [3.8, 4) is 0 Å². The number of hydrogen-bond donors (Lipinski definition) is 1. The zero-order valence-corrected chi connectivity index (χ0v) is 15.1. The van der Waals surface area contributed by atoms with Gasteiger partial charge in [0.1, 0.15) is 0 Å². The monoisotopic (exact) mass is 345 g/mol. The highest BCUT2D eigenvalue weighted by Gasteiger charge is 2.18. The highest BCUT2D eigenvalue weighted by Crippen LogP contribution is 2.17. The first-order chi connectivity index (χ1) is 11.5. The summed E-state index contributed by atoms with van der Waals surface area (Å²) >= 11 is 1.68. The molecule has 128 valence electrons. The average Bonchev–Trinajstić information content (AvgIpc) is 3.04. The van der Waals surface area contributed by atoms with Gasteiger partial charge in [-0.15, -0.1) is 11.3 Å². The number of nitrogens with one attached hydrogen (secondary N) is 1. The Labute approximate surface area is 146 Å². The quantitative estimate of drug-likeness (QED) is 0.763. The standard InChI is InChI=1S/C19H23NO3S/c1-13-9-10-14(2)17(12-13)20-19(22)15(3)23-18(21)8-4-6-16-7-5-11-24-16/h5,7,9-12,15H,4,6,8H2,1-3H3,(H,20,22)/t15-/m1/s1. The van der Waals surface area contributed by atoms with Crippen LogP contribution in [0.2, 0.25) is 0 Å². The first-order valence-electron chi connectivity index (χ1n) is 8.05. The number of benzene rings is 1. The Balaban J connectivity index is 1.78. The lowest BCUT2D eigenvalue weighted by Gasteiger charge is -2.15. The fraction of sp³-hybridized carbons (Fsp3) is 0.368. The number of carbonyl (C=O) groups is 2. The fourth-order valence-electron chi connectivity index (χ4n) is 2.28. The van der Waals surface area contributed by atoms with Crippen molar-refractivity contribution in [2.75, 3.05) is 5.32 Å². The average molecular weight is 345 g/mol. The van der Waals surface area contributed by atoms with Crippen LogP contribution in [0.3, 0.4) is 0 Å². The van der Waals surface area contributed by atoms with Crippen LogP contribution in [0.4, 0.5) is 5.69 Å². The molecule has 0 saturated heterocycles. The molecule has 1 aromatic carbocycles. The van der Waals surface area contributed by atoms with Crippen LogP contribution in [0.1, 0.15) is 35.8 Å². The molecule has 4 nitrogen and oxygen atoms in total. The number of thiophene rings is 1. The van der Waals surface area contributed by atoms with E-state index in [1.165, 1.54) is 4.88 Å². The Bertz CT molecular complexity index is 695. The zero-order valence-electron chi connectivity index (χ0n) is 14.3. The highest BCUT2D eigenvalue weighted by molar-refractivity contribution is 7.09. The van der Waals surface area contributed by atoms with E-state index in [2.05, 4.69) is 11.4 Å². The summed E-state index contributed by atoms with van der Waals surface area (Å²) in [6.45, 7) is 5.49. The Kier molecular flexibility index (Phi) is 6.55. The topological polar surface area (TPSA) is 55.4 Å². The van der Waals surface area contributed by atoms with Crippen molar-refractivity contribution in [1.29, 1.82) is 0 Å². The van der Waals surface area contributed by atoms with Crippen molar-refractivity contribution in [1.82, 2.24) is 0 Å². The predicted octanol–water partition coefficient (Wildman–Crippen LogP) is 4.26. The third-order valence-corrected chi connectivity index (χ3v) is 4.65. The molecule has 1 N–H and O–H groups in total. The van der Waals surface area contributed by atoms with E-state index in [-0.39, 0.29) is 11.9 Å². The Morgan fingerprint density at radius 1 is 1.25 bits per heavy atom. The van der Waals surface area contributed by atoms with Crippen molar-refractivity contribution in [2.45, 2.75) is 46.1 Å². The predicted molar refractivity (Wildman–Crippen MR) is 97.4 cm³/mol. The van der Waals surface area contributed by atoms with Crippen LogP contribution in [0.5, 0.6) is 0 Å². The van der Waals surface area contributed by atoms with Gasteiger partial charge >= 0.3 is 5.97 Å². The molecule has 1 amide bonds. The van der Waals surface area contributed by atoms with Crippen LogP contribution in [0, 0.1) is 13.8 Å². The number of carbonyl (C=O) groups excluding carboxylic acids is 2. The Morgan fingerprint density at radius 3 is 2.75 bits per heavy atom. The second-order valence-corrected chi connectivity index (χ2v) is 6.90.